The van der Waals surface area contributed by atoms with E-state index in [0.717, 1.165) is 10.4 Å². The minimum Gasteiger partial charge on any atom is -0.337 e. The molecule has 0 bridgehead atoms. The van der Waals surface area contributed by atoms with Crippen LogP contribution >= 0.6 is 22.7 Å². The highest BCUT2D eigenvalue weighted by Crippen LogP contribution is 2.37. The summed E-state index contributed by atoms with van der Waals surface area (Å²) in [5.74, 6) is -0.171. The van der Waals surface area contributed by atoms with Crippen LogP contribution in [0, 0.1) is 11.3 Å². The quantitative estimate of drug-likeness (QED) is 0.919. The van der Waals surface area contributed by atoms with E-state index in [0.29, 0.717) is 35.0 Å². The summed E-state index contributed by atoms with van der Waals surface area (Å²) < 4.78 is 0. The van der Waals surface area contributed by atoms with E-state index in [1.54, 1.807) is 17.9 Å². The second-order valence-electron chi connectivity index (χ2n) is 4.94. The summed E-state index contributed by atoms with van der Waals surface area (Å²) >= 11 is 2.75. The fraction of sp³-hybridized carbons (Fsp3) is 0.267. The Bertz CT molecular complexity index is 772. The van der Waals surface area contributed by atoms with Crippen molar-refractivity contribution in [1.29, 1.82) is 5.26 Å². The number of hydrogen-bond acceptors (Lipinski definition) is 5. The molecule has 0 atom stereocenters. The number of rotatable bonds is 2. The van der Waals surface area contributed by atoms with Gasteiger partial charge in [0.25, 0.3) is 5.91 Å². The number of fused-ring (bicyclic) bond motifs is 1. The van der Waals surface area contributed by atoms with Crippen LogP contribution in [0.15, 0.2) is 17.5 Å². The van der Waals surface area contributed by atoms with Crippen LogP contribution in [0.1, 0.15) is 32.6 Å². The van der Waals surface area contributed by atoms with Crippen molar-refractivity contribution in [2.45, 2.75) is 19.9 Å². The highest BCUT2D eigenvalue weighted by molar-refractivity contribution is 7.17. The van der Waals surface area contributed by atoms with E-state index in [4.69, 9.17) is 0 Å². The predicted octanol–water partition coefficient (Wildman–Crippen LogP) is 2.84. The molecular formula is C15H13N3O2S2. The SMILES string of the molecule is CC(=O)N1CCc2c(sc(NC(=O)c3cccs3)c2C#N)C1. The first-order valence-corrected chi connectivity index (χ1v) is 8.44. The van der Waals surface area contributed by atoms with Crippen LogP contribution in [0.5, 0.6) is 0 Å². The zero-order chi connectivity index (χ0) is 15.7. The van der Waals surface area contributed by atoms with Crippen molar-refractivity contribution in [3.05, 3.63) is 38.4 Å². The van der Waals surface area contributed by atoms with Crippen molar-refractivity contribution in [3.63, 3.8) is 0 Å². The van der Waals surface area contributed by atoms with E-state index in [-0.39, 0.29) is 11.8 Å². The molecule has 0 aliphatic carbocycles. The van der Waals surface area contributed by atoms with Gasteiger partial charge < -0.3 is 10.2 Å². The standard InChI is InChI=1S/C15H13N3O2S2/c1-9(19)18-5-4-10-11(7-16)15(22-13(10)8-18)17-14(20)12-3-2-6-21-12/h2-3,6H,4-5,8H2,1H3,(H,17,20). The third-order valence-corrected chi connectivity index (χ3v) is 5.59. The topological polar surface area (TPSA) is 73.2 Å². The van der Waals surface area contributed by atoms with Gasteiger partial charge in [0.2, 0.25) is 5.91 Å². The Kier molecular flexibility index (Phi) is 3.96. The number of carbonyl (C=O) groups is 2. The van der Waals surface area contributed by atoms with Crippen molar-refractivity contribution in [3.8, 4) is 6.07 Å². The van der Waals surface area contributed by atoms with Crippen LogP contribution in [0.4, 0.5) is 5.00 Å². The van der Waals surface area contributed by atoms with E-state index in [1.807, 2.05) is 11.4 Å². The summed E-state index contributed by atoms with van der Waals surface area (Å²) in [7, 11) is 0. The smallest absolute Gasteiger partial charge is 0.266 e. The molecule has 5 nitrogen and oxygen atoms in total. The molecule has 1 aliphatic rings. The zero-order valence-corrected chi connectivity index (χ0v) is 13.5. The number of amides is 2. The molecule has 2 aromatic heterocycles. The van der Waals surface area contributed by atoms with Crippen molar-refractivity contribution in [1.82, 2.24) is 4.90 Å². The van der Waals surface area contributed by atoms with Crippen molar-refractivity contribution < 1.29 is 9.59 Å². The Morgan fingerprint density at radius 1 is 1.45 bits per heavy atom. The number of nitriles is 1. The van der Waals surface area contributed by atoms with Gasteiger partial charge in [-0.25, -0.2) is 0 Å². The van der Waals surface area contributed by atoms with E-state index in [9.17, 15) is 14.9 Å². The number of carbonyl (C=O) groups excluding carboxylic acids is 2. The third-order valence-electron chi connectivity index (χ3n) is 3.59. The van der Waals surface area contributed by atoms with E-state index < -0.39 is 0 Å². The first-order valence-electron chi connectivity index (χ1n) is 6.75. The predicted molar refractivity (Wildman–Crippen MR) is 86.1 cm³/mol. The number of hydrogen-bond donors (Lipinski definition) is 1. The van der Waals surface area contributed by atoms with Crippen LogP contribution in [0.25, 0.3) is 0 Å². The number of nitrogens with one attached hydrogen (secondary N) is 1. The molecular weight excluding hydrogens is 318 g/mol. The number of nitrogens with zero attached hydrogens (tertiary/aromatic N) is 2. The van der Waals surface area contributed by atoms with Gasteiger partial charge >= 0.3 is 0 Å². The lowest BCUT2D eigenvalue weighted by Gasteiger charge is -2.25. The maximum Gasteiger partial charge on any atom is 0.266 e. The first-order chi connectivity index (χ1) is 10.6. The fourth-order valence-electron chi connectivity index (χ4n) is 2.45. The van der Waals surface area contributed by atoms with Crippen LogP contribution in [0.3, 0.4) is 0 Å². The molecule has 2 amide bonds. The molecule has 22 heavy (non-hydrogen) atoms. The Balaban J connectivity index is 1.89. The lowest BCUT2D eigenvalue weighted by molar-refractivity contribution is -0.129. The fourth-order valence-corrected chi connectivity index (χ4v) is 4.28. The zero-order valence-electron chi connectivity index (χ0n) is 11.9. The normalized spacial score (nSPS) is 13.4. The molecule has 2 aromatic rings. The highest BCUT2D eigenvalue weighted by atomic mass is 32.1. The minimum atomic E-state index is -0.200. The number of thiophene rings is 2. The molecule has 0 saturated carbocycles. The summed E-state index contributed by atoms with van der Waals surface area (Å²) in [5, 5.41) is 14.7. The molecule has 0 radical (unpaired) electrons. The molecule has 0 fully saturated rings. The van der Waals surface area contributed by atoms with Crippen molar-refractivity contribution in [2.24, 2.45) is 0 Å². The first kappa shape index (κ1) is 14.8. The van der Waals surface area contributed by atoms with E-state index in [2.05, 4.69) is 11.4 Å². The Labute approximate surface area is 135 Å². The third kappa shape index (κ3) is 2.63. The van der Waals surface area contributed by atoms with Gasteiger partial charge in [-0.2, -0.15) is 5.26 Å². The van der Waals surface area contributed by atoms with Crippen LogP contribution < -0.4 is 5.32 Å². The Morgan fingerprint density at radius 3 is 2.91 bits per heavy atom. The molecule has 0 aromatic carbocycles. The summed E-state index contributed by atoms with van der Waals surface area (Å²) in [6.45, 7) is 2.67. The minimum absolute atomic E-state index is 0.0294. The molecule has 1 aliphatic heterocycles. The van der Waals surface area contributed by atoms with Crippen molar-refractivity contribution in [2.75, 3.05) is 11.9 Å². The summed E-state index contributed by atoms with van der Waals surface area (Å²) in [4.78, 5) is 27.0. The van der Waals surface area contributed by atoms with Gasteiger partial charge in [-0.15, -0.1) is 22.7 Å². The van der Waals surface area contributed by atoms with E-state index >= 15 is 0 Å². The Hall–Kier alpha value is -2.17. The highest BCUT2D eigenvalue weighted by Gasteiger charge is 2.26. The Morgan fingerprint density at radius 2 is 2.27 bits per heavy atom. The maximum absolute atomic E-state index is 12.2. The van der Waals surface area contributed by atoms with Crippen LogP contribution in [0.2, 0.25) is 0 Å². The average Bonchev–Trinajstić information content (AvgIpc) is 3.13. The lowest BCUT2D eigenvalue weighted by atomic mass is 10.0. The summed E-state index contributed by atoms with van der Waals surface area (Å²) in [5.41, 5.74) is 1.50. The second-order valence-corrected chi connectivity index (χ2v) is 6.99. The van der Waals surface area contributed by atoms with Gasteiger partial charge in [0.05, 0.1) is 17.0 Å². The van der Waals surface area contributed by atoms with Gasteiger partial charge in [-0.3, -0.25) is 9.59 Å². The lowest BCUT2D eigenvalue weighted by Crippen LogP contribution is -2.33. The molecule has 7 heteroatoms. The summed E-state index contributed by atoms with van der Waals surface area (Å²) in [6.07, 6.45) is 0.656. The van der Waals surface area contributed by atoms with E-state index in [1.165, 1.54) is 22.7 Å². The molecule has 0 saturated heterocycles. The van der Waals surface area contributed by atoms with Gasteiger partial charge in [-0.05, 0) is 23.4 Å². The molecule has 1 N–H and O–H groups in total. The van der Waals surface area contributed by atoms with Crippen molar-refractivity contribution >= 4 is 39.5 Å². The van der Waals surface area contributed by atoms with Crippen LogP contribution in [-0.4, -0.2) is 23.3 Å². The van der Waals surface area contributed by atoms with Crippen LogP contribution in [-0.2, 0) is 17.8 Å². The molecule has 3 rings (SSSR count). The average molecular weight is 331 g/mol. The monoisotopic (exact) mass is 331 g/mol. The van der Waals surface area contributed by atoms with Gasteiger partial charge in [0.1, 0.15) is 11.1 Å². The largest absolute Gasteiger partial charge is 0.337 e. The molecule has 0 spiro atoms. The second kappa shape index (κ2) is 5.91. The number of anilines is 1. The van der Waals surface area contributed by atoms with Gasteiger partial charge in [0, 0.05) is 18.3 Å². The molecule has 112 valence electrons. The maximum atomic E-state index is 12.2. The van der Waals surface area contributed by atoms with Gasteiger partial charge in [-0.1, -0.05) is 6.07 Å². The molecule has 0 unspecified atom stereocenters. The molecule has 3 heterocycles. The summed E-state index contributed by atoms with van der Waals surface area (Å²) in [6, 6.07) is 5.76. The van der Waals surface area contributed by atoms with Gasteiger partial charge in [0.15, 0.2) is 0 Å².